The summed E-state index contributed by atoms with van der Waals surface area (Å²) in [5, 5.41) is 0.665. The zero-order valence-electron chi connectivity index (χ0n) is 11.5. The number of hydrogen-bond acceptors (Lipinski definition) is 4. The molecule has 2 N–H and O–H groups in total. The van der Waals surface area contributed by atoms with Gasteiger partial charge in [-0.3, -0.25) is 14.8 Å². The molecule has 1 aromatic carbocycles. The van der Waals surface area contributed by atoms with Crippen molar-refractivity contribution in [2.75, 3.05) is 0 Å². The lowest BCUT2D eigenvalue weighted by atomic mass is 10.2. The monoisotopic (exact) mass is 313 g/mol. The standard InChI is InChI=1S/C16H12ClN3O2/c17-12-3-1-2-10(4-12)9-22-13-6-15-14(20-8-13)5-11(7-19-15)16(18)21/h1-8H,9H2,(H2,18,21). The highest BCUT2D eigenvalue weighted by Crippen LogP contribution is 2.19. The summed E-state index contributed by atoms with van der Waals surface area (Å²) in [6, 6.07) is 10.8. The van der Waals surface area contributed by atoms with Crippen LogP contribution in [0.4, 0.5) is 0 Å². The molecule has 3 aromatic rings. The van der Waals surface area contributed by atoms with E-state index in [1.54, 1.807) is 18.3 Å². The number of carbonyl (C=O) groups is 1. The second-order valence-electron chi connectivity index (χ2n) is 4.72. The van der Waals surface area contributed by atoms with Gasteiger partial charge in [-0.15, -0.1) is 0 Å². The van der Waals surface area contributed by atoms with E-state index in [1.165, 1.54) is 6.20 Å². The molecule has 110 valence electrons. The Bertz CT molecular complexity index is 852. The Balaban J connectivity index is 1.80. The second kappa shape index (κ2) is 5.99. The number of nitrogens with two attached hydrogens (primary N) is 1. The van der Waals surface area contributed by atoms with Crippen LogP contribution in [0.5, 0.6) is 5.75 Å². The number of halogens is 1. The Hall–Kier alpha value is -2.66. The number of primary amides is 1. The lowest BCUT2D eigenvalue weighted by molar-refractivity contribution is 0.1000. The molecule has 0 unspecified atom stereocenters. The molecule has 2 heterocycles. The average Bonchev–Trinajstić information content (AvgIpc) is 2.52. The number of rotatable bonds is 4. The van der Waals surface area contributed by atoms with Crippen molar-refractivity contribution in [3.8, 4) is 5.75 Å². The number of benzene rings is 1. The van der Waals surface area contributed by atoms with Crippen LogP contribution in [0.1, 0.15) is 15.9 Å². The maximum Gasteiger partial charge on any atom is 0.250 e. The Labute approximate surface area is 131 Å². The molecule has 0 bridgehead atoms. The van der Waals surface area contributed by atoms with Gasteiger partial charge in [-0.25, -0.2) is 0 Å². The average molecular weight is 314 g/mol. The summed E-state index contributed by atoms with van der Waals surface area (Å²) in [4.78, 5) is 19.5. The van der Waals surface area contributed by atoms with Gasteiger partial charge in [0.1, 0.15) is 12.4 Å². The van der Waals surface area contributed by atoms with Crippen LogP contribution < -0.4 is 10.5 Å². The van der Waals surface area contributed by atoms with Crippen molar-refractivity contribution in [1.29, 1.82) is 0 Å². The summed E-state index contributed by atoms with van der Waals surface area (Å²) in [6.07, 6.45) is 3.01. The van der Waals surface area contributed by atoms with Crippen LogP contribution in [0.2, 0.25) is 5.02 Å². The third-order valence-corrected chi connectivity index (χ3v) is 3.32. The normalized spacial score (nSPS) is 10.6. The van der Waals surface area contributed by atoms with Crippen LogP contribution in [0.3, 0.4) is 0 Å². The molecule has 0 aliphatic carbocycles. The number of ether oxygens (including phenoxy) is 1. The zero-order valence-corrected chi connectivity index (χ0v) is 12.2. The van der Waals surface area contributed by atoms with E-state index in [4.69, 9.17) is 22.1 Å². The molecule has 0 radical (unpaired) electrons. The number of aromatic nitrogens is 2. The largest absolute Gasteiger partial charge is 0.487 e. The molecule has 0 saturated heterocycles. The van der Waals surface area contributed by atoms with Crippen LogP contribution in [0, 0.1) is 0 Å². The van der Waals surface area contributed by atoms with Crippen LogP contribution in [-0.4, -0.2) is 15.9 Å². The number of hydrogen-bond donors (Lipinski definition) is 1. The predicted octanol–water partition coefficient (Wildman–Crippen LogP) is 2.96. The van der Waals surface area contributed by atoms with E-state index in [0.29, 0.717) is 34.0 Å². The lowest BCUT2D eigenvalue weighted by Gasteiger charge is -2.07. The van der Waals surface area contributed by atoms with Gasteiger partial charge in [0.2, 0.25) is 5.91 Å². The first-order valence-corrected chi connectivity index (χ1v) is 6.92. The van der Waals surface area contributed by atoms with E-state index in [9.17, 15) is 4.79 Å². The van der Waals surface area contributed by atoms with Gasteiger partial charge < -0.3 is 10.5 Å². The summed E-state index contributed by atoms with van der Waals surface area (Å²) >= 11 is 5.93. The van der Waals surface area contributed by atoms with Crippen molar-refractivity contribution in [2.24, 2.45) is 5.73 Å². The molecule has 0 aliphatic heterocycles. The quantitative estimate of drug-likeness (QED) is 0.803. The fraction of sp³-hybridized carbons (Fsp3) is 0.0625. The minimum absolute atomic E-state index is 0.326. The molecule has 5 nitrogen and oxygen atoms in total. The van der Waals surface area contributed by atoms with Crippen molar-refractivity contribution in [3.05, 3.63) is 64.9 Å². The van der Waals surface area contributed by atoms with Gasteiger partial charge in [0.25, 0.3) is 0 Å². The van der Waals surface area contributed by atoms with Crippen molar-refractivity contribution in [1.82, 2.24) is 9.97 Å². The van der Waals surface area contributed by atoms with Crippen LogP contribution >= 0.6 is 11.6 Å². The van der Waals surface area contributed by atoms with Gasteiger partial charge >= 0.3 is 0 Å². The molecule has 0 spiro atoms. The Morgan fingerprint density at radius 1 is 1.14 bits per heavy atom. The molecule has 1 amide bonds. The van der Waals surface area contributed by atoms with E-state index >= 15 is 0 Å². The zero-order chi connectivity index (χ0) is 15.5. The fourth-order valence-electron chi connectivity index (χ4n) is 1.99. The molecule has 3 rings (SSSR count). The molecule has 0 atom stereocenters. The molecule has 2 aromatic heterocycles. The molecule has 22 heavy (non-hydrogen) atoms. The first kappa shape index (κ1) is 14.3. The Kier molecular flexibility index (Phi) is 3.89. The van der Waals surface area contributed by atoms with Gasteiger partial charge in [-0.05, 0) is 23.8 Å². The van der Waals surface area contributed by atoms with Crippen LogP contribution in [0.15, 0.2) is 48.8 Å². The number of amides is 1. The summed E-state index contributed by atoms with van der Waals surface area (Å²) < 4.78 is 5.68. The summed E-state index contributed by atoms with van der Waals surface area (Å²) in [6.45, 7) is 0.382. The van der Waals surface area contributed by atoms with E-state index in [-0.39, 0.29) is 0 Å². The highest BCUT2D eigenvalue weighted by Gasteiger charge is 2.05. The highest BCUT2D eigenvalue weighted by molar-refractivity contribution is 6.30. The highest BCUT2D eigenvalue weighted by atomic mass is 35.5. The van der Waals surface area contributed by atoms with Crippen molar-refractivity contribution >= 4 is 28.5 Å². The number of carbonyl (C=O) groups excluding carboxylic acids is 1. The maximum atomic E-state index is 11.1. The second-order valence-corrected chi connectivity index (χ2v) is 5.15. The Morgan fingerprint density at radius 3 is 2.68 bits per heavy atom. The van der Waals surface area contributed by atoms with Gasteiger partial charge in [0.15, 0.2) is 0 Å². The van der Waals surface area contributed by atoms with E-state index in [2.05, 4.69) is 9.97 Å². The number of fused-ring (bicyclic) bond motifs is 1. The van der Waals surface area contributed by atoms with Crippen molar-refractivity contribution in [2.45, 2.75) is 6.61 Å². The topological polar surface area (TPSA) is 78.1 Å². The smallest absolute Gasteiger partial charge is 0.250 e. The Morgan fingerprint density at radius 2 is 1.91 bits per heavy atom. The van der Waals surface area contributed by atoms with Gasteiger partial charge in [0.05, 0.1) is 22.8 Å². The third kappa shape index (κ3) is 3.15. The minimum atomic E-state index is -0.530. The predicted molar refractivity (Wildman–Crippen MR) is 83.8 cm³/mol. The summed E-state index contributed by atoms with van der Waals surface area (Å²) in [5.74, 6) is 0.0595. The third-order valence-electron chi connectivity index (χ3n) is 3.09. The first-order chi connectivity index (χ1) is 10.6. The molecule has 0 saturated carbocycles. The summed E-state index contributed by atoms with van der Waals surface area (Å²) in [7, 11) is 0. The molecule has 0 fully saturated rings. The van der Waals surface area contributed by atoms with E-state index < -0.39 is 5.91 Å². The summed E-state index contributed by atoms with van der Waals surface area (Å²) in [5.41, 5.74) is 7.73. The van der Waals surface area contributed by atoms with Gasteiger partial charge in [-0.1, -0.05) is 23.7 Å². The number of pyridine rings is 2. The van der Waals surface area contributed by atoms with Gasteiger partial charge in [-0.2, -0.15) is 0 Å². The fourth-order valence-corrected chi connectivity index (χ4v) is 2.20. The van der Waals surface area contributed by atoms with Crippen LogP contribution in [-0.2, 0) is 6.61 Å². The molecular formula is C16H12ClN3O2. The van der Waals surface area contributed by atoms with Crippen molar-refractivity contribution in [3.63, 3.8) is 0 Å². The number of nitrogens with zero attached hydrogens (tertiary/aromatic N) is 2. The van der Waals surface area contributed by atoms with Gasteiger partial charge in [0, 0.05) is 17.3 Å². The molecule has 0 aliphatic rings. The van der Waals surface area contributed by atoms with E-state index in [1.807, 2.05) is 24.3 Å². The minimum Gasteiger partial charge on any atom is -0.487 e. The molecule has 6 heteroatoms. The molecular weight excluding hydrogens is 302 g/mol. The van der Waals surface area contributed by atoms with E-state index in [0.717, 1.165) is 5.56 Å². The SMILES string of the molecule is NC(=O)c1cnc2cc(OCc3cccc(Cl)c3)cnc2c1. The van der Waals surface area contributed by atoms with Crippen molar-refractivity contribution < 1.29 is 9.53 Å². The first-order valence-electron chi connectivity index (χ1n) is 6.55. The lowest BCUT2D eigenvalue weighted by Crippen LogP contribution is -2.11. The maximum absolute atomic E-state index is 11.1. The van der Waals surface area contributed by atoms with Crippen LogP contribution in [0.25, 0.3) is 11.0 Å².